The first-order valence-corrected chi connectivity index (χ1v) is 7.66. The zero-order valence-electron chi connectivity index (χ0n) is 12.3. The van der Waals surface area contributed by atoms with E-state index in [0.717, 1.165) is 12.0 Å². The van der Waals surface area contributed by atoms with Gasteiger partial charge in [-0.1, -0.05) is 20.3 Å². The van der Waals surface area contributed by atoms with Gasteiger partial charge in [0.15, 0.2) is 0 Å². The van der Waals surface area contributed by atoms with Crippen molar-refractivity contribution in [1.29, 1.82) is 0 Å². The zero-order valence-corrected chi connectivity index (χ0v) is 12.3. The van der Waals surface area contributed by atoms with Gasteiger partial charge in [0.25, 0.3) is 0 Å². The molecule has 102 valence electrons. The smallest absolute Gasteiger partial charge is 0.0107 e. The van der Waals surface area contributed by atoms with Crippen LogP contribution in [0.3, 0.4) is 0 Å². The van der Waals surface area contributed by atoms with Gasteiger partial charge in [0, 0.05) is 18.6 Å². The Hall–Kier alpha value is -0.0800. The number of nitrogens with one attached hydrogen (secondary N) is 1. The maximum absolute atomic E-state index is 3.74. The minimum atomic E-state index is 0.697. The molecule has 1 rings (SSSR count). The van der Waals surface area contributed by atoms with Crippen molar-refractivity contribution in [2.75, 3.05) is 19.6 Å². The van der Waals surface area contributed by atoms with Crippen LogP contribution in [-0.4, -0.2) is 36.6 Å². The van der Waals surface area contributed by atoms with E-state index in [9.17, 15) is 0 Å². The van der Waals surface area contributed by atoms with E-state index in [-0.39, 0.29) is 0 Å². The van der Waals surface area contributed by atoms with E-state index in [2.05, 4.69) is 37.9 Å². The Morgan fingerprint density at radius 2 is 1.94 bits per heavy atom. The van der Waals surface area contributed by atoms with Gasteiger partial charge in [-0.15, -0.1) is 0 Å². The number of rotatable bonds is 8. The molecular formula is C15H32N2. The SMILES string of the molecule is CCCNC1CCCC1CN(CCC)C(C)C. The molecule has 1 N–H and O–H groups in total. The third-order valence-electron chi connectivity index (χ3n) is 4.03. The molecule has 0 aromatic rings. The summed E-state index contributed by atoms with van der Waals surface area (Å²) in [7, 11) is 0. The summed E-state index contributed by atoms with van der Waals surface area (Å²) in [6, 6.07) is 1.48. The van der Waals surface area contributed by atoms with Crippen molar-refractivity contribution in [3.8, 4) is 0 Å². The highest BCUT2D eigenvalue weighted by atomic mass is 15.1. The summed E-state index contributed by atoms with van der Waals surface area (Å²) in [6.45, 7) is 13.0. The first-order valence-electron chi connectivity index (χ1n) is 7.66. The van der Waals surface area contributed by atoms with Gasteiger partial charge in [-0.25, -0.2) is 0 Å². The first kappa shape index (κ1) is 15.0. The summed E-state index contributed by atoms with van der Waals surface area (Å²) in [5, 5.41) is 3.74. The molecule has 0 aliphatic heterocycles. The van der Waals surface area contributed by atoms with Crippen molar-refractivity contribution in [3.05, 3.63) is 0 Å². The van der Waals surface area contributed by atoms with E-state index >= 15 is 0 Å². The van der Waals surface area contributed by atoms with Crippen molar-refractivity contribution in [2.24, 2.45) is 5.92 Å². The Morgan fingerprint density at radius 1 is 1.18 bits per heavy atom. The molecule has 0 saturated heterocycles. The molecule has 2 nitrogen and oxygen atoms in total. The van der Waals surface area contributed by atoms with Crippen LogP contribution in [0.5, 0.6) is 0 Å². The highest BCUT2D eigenvalue weighted by molar-refractivity contribution is 4.85. The number of hydrogen-bond donors (Lipinski definition) is 1. The summed E-state index contributed by atoms with van der Waals surface area (Å²) in [4.78, 5) is 2.66. The zero-order chi connectivity index (χ0) is 12.7. The molecule has 0 aromatic heterocycles. The van der Waals surface area contributed by atoms with Gasteiger partial charge in [0.1, 0.15) is 0 Å². The van der Waals surface area contributed by atoms with Crippen LogP contribution in [0.4, 0.5) is 0 Å². The fourth-order valence-electron chi connectivity index (χ4n) is 3.00. The van der Waals surface area contributed by atoms with Gasteiger partial charge in [-0.2, -0.15) is 0 Å². The minimum absolute atomic E-state index is 0.697. The second-order valence-corrected chi connectivity index (χ2v) is 5.84. The van der Waals surface area contributed by atoms with Crippen molar-refractivity contribution >= 4 is 0 Å². The van der Waals surface area contributed by atoms with Gasteiger partial charge in [-0.3, -0.25) is 0 Å². The van der Waals surface area contributed by atoms with Crippen LogP contribution in [0.2, 0.25) is 0 Å². The third kappa shape index (κ3) is 4.97. The maximum atomic E-state index is 3.74. The molecule has 1 saturated carbocycles. The lowest BCUT2D eigenvalue weighted by molar-refractivity contribution is 0.175. The van der Waals surface area contributed by atoms with Crippen molar-refractivity contribution in [3.63, 3.8) is 0 Å². The molecule has 0 spiro atoms. The normalized spacial score (nSPS) is 25.1. The average molecular weight is 240 g/mol. The van der Waals surface area contributed by atoms with Crippen LogP contribution >= 0.6 is 0 Å². The van der Waals surface area contributed by atoms with Crippen molar-refractivity contribution < 1.29 is 0 Å². The highest BCUT2D eigenvalue weighted by Gasteiger charge is 2.28. The summed E-state index contributed by atoms with van der Waals surface area (Å²) < 4.78 is 0. The standard InChI is InChI=1S/C15H32N2/c1-5-10-16-15-9-7-8-14(15)12-17(11-6-2)13(3)4/h13-16H,5-12H2,1-4H3. The second kappa shape index (κ2) is 8.10. The first-order chi connectivity index (χ1) is 8.19. The van der Waals surface area contributed by atoms with Crippen LogP contribution in [0.15, 0.2) is 0 Å². The average Bonchev–Trinajstić information content (AvgIpc) is 2.73. The molecule has 1 aliphatic carbocycles. The van der Waals surface area contributed by atoms with Gasteiger partial charge in [0.05, 0.1) is 0 Å². The molecule has 0 aromatic carbocycles. The molecule has 2 atom stereocenters. The monoisotopic (exact) mass is 240 g/mol. The van der Waals surface area contributed by atoms with Crippen LogP contribution in [0, 0.1) is 5.92 Å². The van der Waals surface area contributed by atoms with E-state index in [4.69, 9.17) is 0 Å². The number of nitrogens with zero attached hydrogens (tertiary/aromatic N) is 1. The van der Waals surface area contributed by atoms with Gasteiger partial charge in [-0.05, 0) is 58.5 Å². The fraction of sp³-hybridized carbons (Fsp3) is 1.00. The molecule has 0 heterocycles. The van der Waals surface area contributed by atoms with E-state index in [0.29, 0.717) is 6.04 Å². The summed E-state index contributed by atoms with van der Waals surface area (Å²) in [6.07, 6.45) is 6.77. The molecule has 2 unspecified atom stereocenters. The topological polar surface area (TPSA) is 15.3 Å². The predicted octanol–water partition coefficient (Wildman–Crippen LogP) is 3.28. The summed E-state index contributed by atoms with van der Waals surface area (Å²) in [5.74, 6) is 0.885. The lowest BCUT2D eigenvalue weighted by Crippen LogP contribution is -2.42. The summed E-state index contributed by atoms with van der Waals surface area (Å²) >= 11 is 0. The fourth-order valence-corrected chi connectivity index (χ4v) is 3.00. The Morgan fingerprint density at radius 3 is 2.53 bits per heavy atom. The lowest BCUT2D eigenvalue weighted by atomic mass is 10.0. The van der Waals surface area contributed by atoms with Crippen LogP contribution in [-0.2, 0) is 0 Å². The van der Waals surface area contributed by atoms with E-state index < -0.39 is 0 Å². The molecule has 0 radical (unpaired) electrons. The molecule has 1 fully saturated rings. The molecule has 17 heavy (non-hydrogen) atoms. The highest BCUT2D eigenvalue weighted by Crippen LogP contribution is 2.27. The van der Waals surface area contributed by atoms with Gasteiger partial charge in [0.2, 0.25) is 0 Å². The third-order valence-corrected chi connectivity index (χ3v) is 4.03. The Kier molecular flexibility index (Phi) is 7.14. The Bertz CT molecular complexity index is 191. The Labute approximate surface area is 108 Å². The quantitative estimate of drug-likeness (QED) is 0.700. The van der Waals surface area contributed by atoms with Crippen LogP contribution in [0.25, 0.3) is 0 Å². The number of hydrogen-bond acceptors (Lipinski definition) is 2. The van der Waals surface area contributed by atoms with Crippen molar-refractivity contribution in [1.82, 2.24) is 10.2 Å². The van der Waals surface area contributed by atoms with Crippen molar-refractivity contribution in [2.45, 2.75) is 71.9 Å². The van der Waals surface area contributed by atoms with E-state index in [1.165, 1.54) is 51.7 Å². The van der Waals surface area contributed by atoms with Gasteiger partial charge >= 0.3 is 0 Å². The van der Waals surface area contributed by atoms with Crippen LogP contribution < -0.4 is 5.32 Å². The lowest BCUT2D eigenvalue weighted by Gasteiger charge is -2.31. The van der Waals surface area contributed by atoms with Crippen LogP contribution in [0.1, 0.15) is 59.8 Å². The van der Waals surface area contributed by atoms with E-state index in [1.807, 2.05) is 0 Å². The molecule has 2 heteroatoms. The molecular weight excluding hydrogens is 208 g/mol. The van der Waals surface area contributed by atoms with E-state index in [1.54, 1.807) is 0 Å². The largest absolute Gasteiger partial charge is 0.314 e. The Balaban J connectivity index is 2.41. The second-order valence-electron chi connectivity index (χ2n) is 5.84. The minimum Gasteiger partial charge on any atom is -0.314 e. The molecule has 0 bridgehead atoms. The summed E-state index contributed by atoms with van der Waals surface area (Å²) in [5.41, 5.74) is 0. The predicted molar refractivity (Wildman–Crippen MR) is 76.4 cm³/mol. The molecule has 1 aliphatic rings. The molecule has 0 amide bonds. The maximum Gasteiger partial charge on any atom is 0.0107 e. The van der Waals surface area contributed by atoms with Gasteiger partial charge < -0.3 is 10.2 Å².